The van der Waals surface area contributed by atoms with E-state index in [1.54, 1.807) is 7.11 Å². The second-order valence-electron chi connectivity index (χ2n) is 3.77. The Balaban J connectivity index is 2.48. The van der Waals surface area contributed by atoms with Crippen LogP contribution in [0.4, 0.5) is 0 Å². The Morgan fingerprint density at radius 3 is 2.44 bits per heavy atom. The van der Waals surface area contributed by atoms with E-state index in [1.165, 1.54) is 0 Å². The molecule has 0 heterocycles. The van der Waals surface area contributed by atoms with Gasteiger partial charge in [0, 0.05) is 14.5 Å². The fraction of sp³-hybridized carbons (Fsp3) is 0.143. The van der Waals surface area contributed by atoms with E-state index in [0.29, 0.717) is 0 Å². The van der Waals surface area contributed by atoms with Crippen molar-refractivity contribution in [3.8, 4) is 5.75 Å². The van der Waals surface area contributed by atoms with Gasteiger partial charge in [0.15, 0.2) is 0 Å². The molecule has 2 aromatic rings. The molecule has 4 heteroatoms. The van der Waals surface area contributed by atoms with Crippen LogP contribution < -0.4 is 4.74 Å². The van der Waals surface area contributed by atoms with Gasteiger partial charge in [-0.15, -0.1) is 11.6 Å². The average molecular weight is 391 g/mol. The van der Waals surface area contributed by atoms with Gasteiger partial charge in [0.1, 0.15) is 5.75 Å². The van der Waals surface area contributed by atoms with Crippen LogP contribution in [0, 0.1) is 0 Å². The Morgan fingerprint density at radius 2 is 1.78 bits per heavy atom. The molecule has 94 valence electrons. The molecule has 1 unspecified atom stereocenters. The zero-order valence-electron chi connectivity index (χ0n) is 9.66. The lowest BCUT2D eigenvalue weighted by atomic mass is 10.0. The van der Waals surface area contributed by atoms with Gasteiger partial charge >= 0.3 is 0 Å². The second kappa shape index (κ2) is 6.09. The van der Waals surface area contributed by atoms with Crippen LogP contribution in [0.3, 0.4) is 0 Å². The predicted molar refractivity (Wildman–Crippen MR) is 82.5 cm³/mol. The summed E-state index contributed by atoms with van der Waals surface area (Å²) >= 11 is 13.5. The molecule has 0 aromatic heterocycles. The number of hydrogen-bond acceptors (Lipinski definition) is 1. The van der Waals surface area contributed by atoms with Gasteiger partial charge in [-0.3, -0.25) is 0 Å². The fourth-order valence-electron chi connectivity index (χ4n) is 1.75. The van der Waals surface area contributed by atoms with Crippen LogP contribution in [0.15, 0.2) is 51.4 Å². The van der Waals surface area contributed by atoms with Gasteiger partial charge in [-0.2, -0.15) is 0 Å². The minimum absolute atomic E-state index is 0.256. The molecule has 0 N–H and O–H groups in total. The average Bonchev–Trinajstić information content (AvgIpc) is 2.38. The third-order valence-corrected chi connectivity index (χ3v) is 4.33. The molecule has 0 fully saturated rings. The molecule has 0 bridgehead atoms. The highest BCUT2D eigenvalue weighted by atomic mass is 79.9. The third kappa shape index (κ3) is 2.90. The Hall–Kier alpha value is -0.510. The molecule has 0 saturated carbocycles. The van der Waals surface area contributed by atoms with E-state index < -0.39 is 0 Å². The first-order valence-corrected chi connectivity index (χ1v) is 7.37. The molecule has 2 rings (SSSR count). The topological polar surface area (TPSA) is 9.23 Å². The molecule has 1 atom stereocenters. The van der Waals surface area contributed by atoms with Crippen molar-refractivity contribution in [2.24, 2.45) is 0 Å². The van der Waals surface area contributed by atoms with Crippen molar-refractivity contribution < 1.29 is 4.74 Å². The summed E-state index contributed by atoms with van der Waals surface area (Å²) in [5.41, 5.74) is 1.97. The fourth-order valence-corrected chi connectivity index (χ4v) is 3.14. The van der Waals surface area contributed by atoms with Crippen LogP contribution in [0.25, 0.3) is 0 Å². The van der Waals surface area contributed by atoms with E-state index in [4.69, 9.17) is 16.3 Å². The molecule has 0 aliphatic rings. The molecule has 0 amide bonds. The summed E-state index contributed by atoms with van der Waals surface area (Å²) in [6.45, 7) is 0. The standard InChI is InChI=1S/C14H11Br2ClO/c1-18-13-7-6-9(15)8-11(13)14(17)10-4-2-3-5-12(10)16/h2-8,14H,1H3. The lowest BCUT2D eigenvalue weighted by Crippen LogP contribution is -1.98. The smallest absolute Gasteiger partial charge is 0.123 e. The van der Waals surface area contributed by atoms with Crippen molar-refractivity contribution in [3.05, 3.63) is 62.5 Å². The molecular weight excluding hydrogens is 379 g/mol. The van der Waals surface area contributed by atoms with E-state index >= 15 is 0 Å². The van der Waals surface area contributed by atoms with Crippen molar-refractivity contribution in [1.29, 1.82) is 0 Å². The SMILES string of the molecule is COc1ccc(Br)cc1C(Cl)c1ccccc1Br. The summed E-state index contributed by atoms with van der Waals surface area (Å²) in [6, 6.07) is 13.8. The molecule has 0 saturated heterocycles. The van der Waals surface area contributed by atoms with Crippen LogP contribution >= 0.6 is 43.5 Å². The Kier molecular flexibility index (Phi) is 4.71. The van der Waals surface area contributed by atoms with E-state index in [0.717, 1.165) is 25.8 Å². The molecule has 0 spiro atoms. The van der Waals surface area contributed by atoms with Crippen LogP contribution in [0.1, 0.15) is 16.5 Å². The molecule has 1 nitrogen and oxygen atoms in total. The molecule has 18 heavy (non-hydrogen) atoms. The van der Waals surface area contributed by atoms with Crippen LogP contribution in [0.2, 0.25) is 0 Å². The highest BCUT2D eigenvalue weighted by Crippen LogP contribution is 2.39. The maximum atomic E-state index is 6.56. The minimum Gasteiger partial charge on any atom is -0.496 e. The first kappa shape index (κ1) is 13.9. The first-order valence-electron chi connectivity index (χ1n) is 5.35. The largest absolute Gasteiger partial charge is 0.496 e. The number of hydrogen-bond donors (Lipinski definition) is 0. The van der Waals surface area contributed by atoms with E-state index in [9.17, 15) is 0 Å². The predicted octanol–water partition coefficient (Wildman–Crippen LogP) is 5.55. The lowest BCUT2D eigenvalue weighted by Gasteiger charge is -2.16. The molecule has 0 aliphatic heterocycles. The number of alkyl halides is 1. The monoisotopic (exact) mass is 388 g/mol. The highest BCUT2D eigenvalue weighted by molar-refractivity contribution is 9.10. The minimum atomic E-state index is -0.256. The Labute approximate surface area is 128 Å². The number of ether oxygens (including phenoxy) is 1. The van der Waals surface area contributed by atoms with Crippen molar-refractivity contribution in [1.82, 2.24) is 0 Å². The Bertz CT molecular complexity index is 557. The summed E-state index contributed by atoms with van der Waals surface area (Å²) < 4.78 is 7.34. The van der Waals surface area contributed by atoms with E-state index in [-0.39, 0.29) is 5.38 Å². The molecule has 0 aliphatic carbocycles. The van der Waals surface area contributed by atoms with Crippen molar-refractivity contribution in [2.75, 3.05) is 7.11 Å². The summed E-state index contributed by atoms with van der Waals surface area (Å²) in [4.78, 5) is 0. The van der Waals surface area contributed by atoms with Gasteiger partial charge in [0.2, 0.25) is 0 Å². The van der Waals surface area contributed by atoms with Crippen molar-refractivity contribution >= 4 is 43.5 Å². The molecular formula is C14H11Br2ClO. The third-order valence-electron chi connectivity index (χ3n) is 2.64. The van der Waals surface area contributed by atoms with Crippen molar-refractivity contribution in [3.63, 3.8) is 0 Å². The second-order valence-corrected chi connectivity index (χ2v) is 5.98. The summed E-state index contributed by atoms with van der Waals surface area (Å²) in [5.74, 6) is 0.786. The number of rotatable bonds is 3. The zero-order valence-corrected chi connectivity index (χ0v) is 13.6. The Morgan fingerprint density at radius 1 is 1.06 bits per heavy atom. The van der Waals surface area contributed by atoms with Gasteiger partial charge in [-0.25, -0.2) is 0 Å². The van der Waals surface area contributed by atoms with Gasteiger partial charge in [-0.05, 0) is 29.8 Å². The normalized spacial score (nSPS) is 12.2. The zero-order chi connectivity index (χ0) is 13.1. The van der Waals surface area contributed by atoms with E-state index in [1.807, 2.05) is 42.5 Å². The molecule has 0 radical (unpaired) electrons. The number of methoxy groups -OCH3 is 1. The van der Waals surface area contributed by atoms with Crippen LogP contribution in [-0.4, -0.2) is 7.11 Å². The van der Waals surface area contributed by atoms with Crippen LogP contribution in [0.5, 0.6) is 5.75 Å². The van der Waals surface area contributed by atoms with Crippen LogP contribution in [-0.2, 0) is 0 Å². The molecule has 2 aromatic carbocycles. The lowest BCUT2D eigenvalue weighted by molar-refractivity contribution is 0.410. The van der Waals surface area contributed by atoms with Gasteiger partial charge < -0.3 is 4.74 Å². The van der Waals surface area contributed by atoms with Gasteiger partial charge in [0.05, 0.1) is 12.5 Å². The maximum Gasteiger partial charge on any atom is 0.123 e. The first-order chi connectivity index (χ1) is 8.63. The van der Waals surface area contributed by atoms with E-state index in [2.05, 4.69) is 31.9 Å². The number of halogens is 3. The summed E-state index contributed by atoms with van der Waals surface area (Å²) in [7, 11) is 1.65. The van der Waals surface area contributed by atoms with Gasteiger partial charge in [0.25, 0.3) is 0 Å². The quantitative estimate of drug-likeness (QED) is 0.625. The summed E-state index contributed by atoms with van der Waals surface area (Å²) in [5, 5.41) is -0.256. The maximum absolute atomic E-state index is 6.56. The summed E-state index contributed by atoms with van der Waals surface area (Å²) in [6.07, 6.45) is 0. The highest BCUT2D eigenvalue weighted by Gasteiger charge is 2.18. The number of benzene rings is 2. The van der Waals surface area contributed by atoms with Crippen molar-refractivity contribution in [2.45, 2.75) is 5.38 Å². The van der Waals surface area contributed by atoms with Gasteiger partial charge in [-0.1, -0.05) is 50.1 Å².